The highest BCUT2D eigenvalue weighted by Gasteiger charge is 2.20. The van der Waals surface area contributed by atoms with Crippen molar-refractivity contribution in [1.29, 1.82) is 0 Å². The number of hydrogen-bond acceptors (Lipinski definition) is 4. The van der Waals surface area contributed by atoms with Gasteiger partial charge >= 0.3 is 0 Å². The number of amides is 1. The van der Waals surface area contributed by atoms with Crippen molar-refractivity contribution in [2.75, 3.05) is 5.73 Å². The smallest absolute Gasteiger partial charge is 0.264 e. The maximum Gasteiger partial charge on any atom is 0.264 e. The average molecular weight is 256 g/mol. The molecule has 0 saturated heterocycles. The molecule has 1 rings (SSSR count). The topological polar surface area (TPSA) is 89.3 Å². The number of sulfonamides is 1. The van der Waals surface area contributed by atoms with E-state index >= 15 is 0 Å². The Bertz CT molecular complexity index is 494. The van der Waals surface area contributed by atoms with Crippen LogP contribution in [0.3, 0.4) is 0 Å². The van der Waals surface area contributed by atoms with Gasteiger partial charge in [-0.15, -0.1) is 0 Å². The third kappa shape index (κ3) is 3.45. The molecule has 3 N–H and O–H groups in total. The average Bonchev–Trinajstić information content (AvgIpc) is 2.27. The van der Waals surface area contributed by atoms with Crippen LogP contribution in [0.4, 0.5) is 5.69 Å². The largest absolute Gasteiger partial charge is 0.399 e. The van der Waals surface area contributed by atoms with Gasteiger partial charge in [0, 0.05) is 11.6 Å². The monoisotopic (exact) mass is 256 g/mol. The normalized spacial score (nSPS) is 13.1. The van der Waals surface area contributed by atoms with Crippen LogP contribution in [0.15, 0.2) is 29.2 Å². The van der Waals surface area contributed by atoms with Gasteiger partial charge in [0.15, 0.2) is 0 Å². The number of benzene rings is 1. The van der Waals surface area contributed by atoms with Crippen LogP contribution >= 0.6 is 0 Å². The Morgan fingerprint density at radius 3 is 2.35 bits per heavy atom. The Kier molecular flexibility index (Phi) is 4.11. The van der Waals surface area contributed by atoms with Crippen molar-refractivity contribution in [3.05, 3.63) is 24.3 Å². The lowest BCUT2D eigenvalue weighted by molar-refractivity contribution is -0.122. The highest BCUT2D eigenvalue weighted by atomic mass is 32.2. The van der Waals surface area contributed by atoms with Crippen molar-refractivity contribution >= 4 is 21.6 Å². The van der Waals surface area contributed by atoms with Gasteiger partial charge in [0.1, 0.15) is 0 Å². The predicted molar refractivity (Wildman–Crippen MR) is 65.6 cm³/mol. The molecule has 0 radical (unpaired) electrons. The van der Waals surface area contributed by atoms with E-state index in [1.165, 1.54) is 24.3 Å². The second-order valence-corrected chi connectivity index (χ2v) is 5.53. The molecule has 1 atom stereocenters. The quantitative estimate of drug-likeness (QED) is 0.790. The molecule has 0 aliphatic carbocycles. The Balaban J connectivity index is 2.89. The van der Waals surface area contributed by atoms with E-state index in [2.05, 4.69) is 0 Å². The summed E-state index contributed by atoms with van der Waals surface area (Å²) >= 11 is 0. The van der Waals surface area contributed by atoms with E-state index in [0.717, 1.165) is 0 Å². The van der Waals surface area contributed by atoms with Crippen LogP contribution in [0, 0.1) is 5.92 Å². The summed E-state index contributed by atoms with van der Waals surface area (Å²) in [7, 11) is -3.79. The van der Waals surface area contributed by atoms with E-state index in [1.54, 1.807) is 6.92 Å². The minimum atomic E-state index is -3.79. The zero-order chi connectivity index (χ0) is 13.1. The van der Waals surface area contributed by atoms with Gasteiger partial charge < -0.3 is 5.73 Å². The van der Waals surface area contributed by atoms with Gasteiger partial charge in [-0.05, 0) is 30.7 Å². The van der Waals surface area contributed by atoms with E-state index < -0.39 is 15.9 Å². The van der Waals surface area contributed by atoms with Crippen molar-refractivity contribution in [3.63, 3.8) is 0 Å². The highest BCUT2D eigenvalue weighted by Crippen LogP contribution is 2.12. The summed E-state index contributed by atoms with van der Waals surface area (Å²) in [6.07, 6.45) is 0.586. The molecule has 0 aliphatic heterocycles. The zero-order valence-corrected chi connectivity index (χ0v) is 10.6. The first-order valence-corrected chi connectivity index (χ1v) is 6.77. The molecule has 0 spiro atoms. The fourth-order valence-corrected chi connectivity index (χ4v) is 2.20. The highest BCUT2D eigenvalue weighted by molar-refractivity contribution is 7.90. The van der Waals surface area contributed by atoms with E-state index in [4.69, 9.17) is 5.73 Å². The van der Waals surface area contributed by atoms with Gasteiger partial charge in [-0.25, -0.2) is 13.1 Å². The molecule has 0 heterocycles. The van der Waals surface area contributed by atoms with E-state index in [9.17, 15) is 13.2 Å². The molecule has 1 aromatic rings. The molecule has 1 unspecified atom stereocenters. The fourth-order valence-electron chi connectivity index (χ4n) is 1.12. The number of anilines is 1. The van der Waals surface area contributed by atoms with E-state index in [-0.39, 0.29) is 10.8 Å². The van der Waals surface area contributed by atoms with Gasteiger partial charge in [0.25, 0.3) is 10.0 Å². The van der Waals surface area contributed by atoms with Crippen molar-refractivity contribution < 1.29 is 13.2 Å². The van der Waals surface area contributed by atoms with Crippen molar-refractivity contribution in [2.45, 2.75) is 25.2 Å². The molecule has 17 heavy (non-hydrogen) atoms. The summed E-state index contributed by atoms with van der Waals surface area (Å²) < 4.78 is 25.6. The summed E-state index contributed by atoms with van der Waals surface area (Å²) in [5.74, 6) is -0.831. The lowest BCUT2D eigenvalue weighted by Crippen LogP contribution is -2.34. The van der Waals surface area contributed by atoms with Gasteiger partial charge in [-0.3, -0.25) is 4.79 Å². The fraction of sp³-hybridized carbons (Fsp3) is 0.364. The van der Waals surface area contributed by atoms with Crippen LogP contribution in [-0.2, 0) is 14.8 Å². The maximum absolute atomic E-state index is 11.8. The number of hydrogen-bond donors (Lipinski definition) is 2. The Labute approximate surface area is 101 Å². The predicted octanol–water partition coefficient (Wildman–Crippen LogP) is 1.12. The minimum absolute atomic E-state index is 0.0309. The SMILES string of the molecule is CCC(C)C(=O)NS(=O)(=O)c1ccc(N)cc1. The lowest BCUT2D eigenvalue weighted by atomic mass is 10.1. The first-order valence-electron chi connectivity index (χ1n) is 5.29. The van der Waals surface area contributed by atoms with Crippen molar-refractivity contribution in [2.24, 2.45) is 5.92 Å². The molecule has 0 saturated carbocycles. The summed E-state index contributed by atoms with van der Waals surface area (Å²) in [5, 5.41) is 0. The number of carbonyl (C=O) groups is 1. The Hall–Kier alpha value is -1.56. The lowest BCUT2D eigenvalue weighted by Gasteiger charge is -2.10. The zero-order valence-electron chi connectivity index (χ0n) is 9.80. The molecule has 1 amide bonds. The van der Waals surface area contributed by atoms with Gasteiger partial charge in [-0.2, -0.15) is 0 Å². The van der Waals surface area contributed by atoms with Gasteiger partial charge in [0.05, 0.1) is 4.90 Å². The van der Waals surface area contributed by atoms with Crippen molar-refractivity contribution in [3.8, 4) is 0 Å². The van der Waals surface area contributed by atoms with Crippen LogP contribution in [0.2, 0.25) is 0 Å². The molecular formula is C11H16N2O3S. The van der Waals surface area contributed by atoms with Crippen LogP contribution in [0.1, 0.15) is 20.3 Å². The number of nitrogens with one attached hydrogen (secondary N) is 1. The van der Waals surface area contributed by atoms with Crippen LogP contribution in [0.25, 0.3) is 0 Å². The summed E-state index contributed by atoms with van der Waals surface area (Å²) in [4.78, 5) is 11.5. The van der Waals surface area contributed by atoms with Crippen LogP contribution < -0.4 is 10.5 Å². The summed E-state index contributed by atoms with van der Waals surface area (Å²) in [5.41, 5.74) is 5.93. The summed E-state index contributed by atoms with van der Waals surface area (Å²) in [6, 6.07) is 5.67. The van der Waals surface area contributed by atoms with Crippen LogP contribution in [0.5, 0.6) is 0 Å². The first kappa shape index (κ1) is 13.5. The Morgan fingerprint density at radius 2 is 1.88 bits per heavy atom. The molecule has 0 aliphatic rings. The minimum Gasteiger partial charge on any atom is -0.399 e. The molecule has 94 valence electrons. The van der Waals surface area contributed by atoms with E-state index in [0.29, 0.717) is 12.1 Å². The molecule has 1 aromatic carbocycles. The molecular weight excluding hydrogens is 240 g/mol. The number of rotatable bonds is 4. The van der Waals surface area contributed by atoms with E-state index in [1.807, 2.05) is 11.6 Å². The standard InChI is InChI=1S/C11H16N2O3S/c1-3-8(2)11(14)13-17(15,16)10-6-4-9(12)5-7-10/h4-8H,3,12H2,1-2H3,(H,13,14). The van der Waals surface area contributed by atoms with Gasteiger partial charge in [-0.1, -0.05) is 13.8 Å². The molecule has 0 fully saturated rings. The maximum atomic E-state index is 11.8. The third-order valence-electron chi connectivity index (χ3n) is 2.49. The first-order chi connectivity index (χ1) is 7.86. The molecule has 6 heteroatoms. The van der Waals surface area contributed by atoms with Gasteiger partial charge in [0.2, 0.25) is 5.91 Å². The number of nitrogens with two attached hydrogens (primary N) is 1. The molecule has 5 nitrogen and oxygen atoms in total. The Morgan fingerprint density at radius 1 is 1.35 bits per heavy atom. The second-order valence-electron chi connectivity index (χ2n) is 3.85. The third-order valence-corrected chi connectivity index (χ3v) is 3.85. The number of nitrogen functional groups attached to an aromatic ring is 1. The van der Waals surface area contributed by atoms with Crippen molar-refractivity contribution in [1.82, 2.24) is 4.72 Å². The molecule has 0 aromatic heterocycles. The summed E-state index contributed by atoms with van der Waals surface area (Å²) in [6.45, 7) is 3.49. The second kappa shape index (κ2) is 5.18. The molecule has 0 bridgehead atoms. The number of carbonyl (C=O) groups excluding carboxylic acids is 1. The van der Waals surface area contributed by atoms with Crippen LogP contribution in [-0.4, -0.2) is 14.3 Å².